The Labute approximate surface area is 739 Å². The maximum absolute atomic E-state index is 10.2. The van der Waals surface area contributed by atoms with Crippen molar-refractivity contribution >= 4 is 33.6 Å². The van der Waals surface area contributed by atoms with Crippen LogP contribution in [0.25, 0.3) is 55.4 Å². The third kappa shape index (κ3) is 47.0. The predicted molar refractivity (Wildman–Crippen MR) is 436 cm³/mol. The Morgan fingerprint density at radius 3 is 1.18 bits per heavy atom. The summed E-state index contributed by atoms with van der Waals surface area (Å²) in [5.74, 6) is -1.92. The molecule has 0 aliphatic heterocycles. The largest absolute Gasteiger partial charge is 0.521 e. The van der Waals surface area contributed by atoms with Gasteiger partial charge in [-0.05, 0) is 178 Å². The van der Waals surface area contributed by atoms with Crippen molar-refractivity contribution in [3.8, 4) is 33.8 Å². The van der Waals surface area contributed by atoms with Gasteiger partial charge in [0, 0.05) is 140 Å². The number of carbonyl (C=O) groups is 2. The second-order valence-corrected chi connectivity index (χ2v) is 25.9. The molecular weight excluding hydrogens is 2050 g/mol. The summed E-state index contributed by atoms with van der Waals surface area (Å²) in [6.07, 6.45) is 5.10. The number of aliphatic hydroxyl groups is 6. The fourth-order valence-corrected chi connectivity index (χ4v) is 10.2. The summed E-state index contributed by atoms with van der Waals surface area (Å²) >= 11 is 0. The van der Waals surface area contributed by atoms with Gasteiger partial charge in [-0.1, -0.05) is 85.1 Å². The smallest absolute Gasteiger partial charge is 0.354 e. The van der Waals surface area contributed by atoms with Gasteiger partial charge in [0.25, 0.3) is 0 Å². The summed E-state index contributed by atoms with van der Waals surface area (Å²) in [4.78, 5) is 46.0. The minimum atomic E-state index is -0.990. The van der Waals surface area contributed by atoms with E-state index in [0.717, 1.165) is 79.4 Å². The molecule has 6 heterocycles. The van der Waals surface area contributed by atoms with E-state index in [2.05, 4.69) is 161 Å². The van der Waals surface area contributed by atoms with Crippen LogP contribution in [0.15, 0.2) is 249 Å². The van der Waals surface area contributed by atoms with E-state index in [9.17, 15) is 9.59 Å². The number of fused-ring (bicyclic) bond motifs is 3. The van der Waals surface area contributed by atoms with Gasteiger partial charge in [0.2, 0.25) is 5.97 Å². The minimum absolute atomic E-state index is 0. The zero-order valence-corrected chi connectivity index (χ0v) is 75.9. The number of rotatable bonds is 13. The Morgan fingerprint density at radius 2 is 0.807 bits per heavy atom. The number of carboxylic acids is 2. The normalized spacial score (nSPS) is 11.2. The van der Waals surface area contributed by atoms with Crippen LogP contribution in [-0.2, 0) is 105 Å². The standard InChI is InChI=1S/C14H10N.3C13H12N.C12H10N.C7H5O2.C6H5NO2.3C5H12O2.2Ir.3Rh/c1-10-6-7-12-9-8-11-4-2-3-5-13(11)14(12)15-10;1-10-7-11(2)9-12(8-10)13-5-3-4-6-14-13;2*1-10-8-11(2)14-13(9-10)12-6-4-3-5-7-12;1-2-6-11(7-3-1)10-12-8-4-5-9-13-12;8-7(9)6-4-2-1-3-5-6;8-6(9)5-3-1-2-4-7-5;3*1-4(6)3-5(2)7;;;;;/h2-4,6-9H,1H3;3-8H,1-2H3;2*3-6,8-9H,1-2H3;1-6,8-9H,10H2;2*1-4H,(H,8,9);3*4-7H,3H2,1-2H3;;;;;/q6*-1;;;;;;;;;. The van der Waals surface area contributed by atoms with Crippen LogP contribution in [0.4, 0.5) is 0 Å². The van der Waals surface area contributed by atoms with Crippen molar-refractivity contribution < 1.29 is 149 Å². The quantitative estimate of drug-likeness (QED) is 0.0303. The third-order valence-electron chi connectivity index (χ3n) is 14.6. The molecule has 0 fully saturated rings. The van der Waals surface area contributed by atoms with Gasteiger partial charge in [-0.3, -0.25) is 4.98 Å². The first-order valence-corrected chi connectivity index (χ1v) is 35.8. The number of nitrogens with zero attached hydrogens (tertiary/aromatic N) is 6. The maximum Gasteiger partial charge on any atom is 0.354 e. The predicted octanol–water partition coefficient (Wildman–Crippen LogP) is 17.8. The number of benzene rings is 7. The van der Waals surface area contributed by atoms with E-state index >= 15 is 0 Å². The second-order valence-electron chi connectivity index (χ2n) is 25.9. The Bertz CT molecular complexity index is 4280. The zero-order valence-electron chi connectivity index (χ0n) is 66.2. The molecule has 6 unspecified atom stereocenters. The molecule has 6 atom stereocenters. The Balaban J connectivity index is 0. The van der Waals surface area contributed by atoms with Gasteiger partial charge in [-0.15, -0.1) is 172 Å². The fraction of sp³-hybridized carbons (Fsp3) is 0.247. The molecule has 13 aromatic rings. The summed E-state index contributed by atoms with van der Waals surface area (Å²) in [6.45, 7) is 24.3. The molecular formula is C93H102Ir2N6O10Rh3-6. The second kappa shape index (κ2) is 61.3. The summed E-state index contributed by atoms with van der Waals surface area (Å²) < 4.78 is 0. The molecule has 16 nitrogen and oxygen atoms in total. The molecule has 0 saturated carbocycles. The third-order valence-corrected chi connectivity index (χ3v) is 14.6. The van der Waals surface area contributed by atoms with Crippen LogP contribution < -0.4 is 0 Å². The summed E-state index contributed by atoms with van der Waals surface area (Å²) in [6, 6.07) is 92.5. The van der Waals surface area contributed by atoms with Crippen molar-refractivity contribution in [2.45, 2.75) is 152 Å². The van der Waals surface area contributed by atoms with Crippen LogP contribution in [0, 0.1) is 84.9 Å². The van der Waals surface area contributed by atoms with Crippen molar-refractivity contribution in [2.24, 2.45) is 0 Å². The number of aromatic carboxylic acids is 2. The summed E-state index contributed by atoms with van der Waals surface area (Å²) in [5, 5.41) is 71.5. The molecule has 13 rings (SSSR count). The summed E-state index contributed by atoms with van der Waals surface area (Å²) in [7, 11) is 0. The number of hydrogen-bond donors (Lipinski definition) is 8. The van der Waals surface area contributed by atoms with Crippen molar-refractivity contribution in [1.82, 2.24) is 29.9 Å². The van der Waals surface area contributed by atoms with E-state index in [1.54, 1.807) is 78.1 Å². The Kier molecular flexibility index (Phi) is 58.0. The van der Waals surface area contributed by atoms with Gasteiger partial charge in [-0.25, -0.2) is 9.78 Å². The number of carboxylic acid groups (broad SMARTS) is 2. The number of pyridine rings is 6. The average Bonchev–Trinajstić information content (AvgIpc) is 0.773. The number of aromatic nitrogens is 6. The number of aliphatic hydroxyl groups excluding tert-OH is 6. The molecule has 0 aliphatic rings. The van der Waals surface area contributed by atoms with Gasteiger partial charge in [0.1, 0.15) is 5.69 Å². The number of hydrogen-bond acceptors (Lipinski definition) is 14. The van der Waals surface area contributed by atoms with E-state index in [0.29, 0.717) is 19.3 Å². The van der Waals surface area contributed by atoms with Gasteiger partial charge in [0.15, 0.2) is 0 Å². The molecule has 0 aliphatic carbocycles. The van der Waals surface area contributed by atoms with E-state index < -0.39 is 11.9 Å². The fourth-order valence-electron chi connectivity index (χ4n) is 10.2. The van der Waals surface area contributed by atoms with E-state index in [1.807, 2.05) is 148 Å². The first kappa shape index (κ1) is 108. The van der Waals surface area contributed by atoms with Gasteiger partial charge < -0.3 is 65.6 Å². The van der Waals surface area contributed by atoms with Crippen LogP contribution in [-0.4, -0.2) is 119 Å². The number of aryl methyl sites for hydroxylation is 7. The van der Waals surface area contributed by atoms with Crippen molar-refractivity contribution in [2.75, 3.05) is 0 Å². The molecule has 6 aromatic heterocycles. The molecule has 114 heavy (non-hydrogen) atoms. The Hall–Kier alpha value is -8.17. The topological polar surface area (TPSA) is 273 Å². The van der Waals surface area contributed by atoms with E-state index in [4.69, 9.17) is 40.9 Å². The van der Waals surface area contributed by atoms with Gasteiger partial charge in [-0.2, -0.15) is 35.9 Å². The molecule has 0 amide bonds. The zero-order chi connectivity index (χ0) is 80.0. The van der Waals surface area contributed by atoms with E-state index in [-0.39, 0.29) is 147 Å². The first-order chi connectivity index (χ1) is 52.0. The Morgan fingerprint density at radius 1 is 0.368 bits per heavy atom. The minimum Gasteiger partial charge on any atom is -0.521 e. The molecule has 0 spiro atoms. The SMILES string of the molecule is CC(O)CC(C)O.CC(O)CC(C)O.CC(O)CC(C)O.Cc1[c-]c(-c2ccccn2)cc(C)c1.Cc1cc(C)nc(-c2[c-]cccc2)c1.Cc1cc(C)nc(-c2[c-]cccc2)c1.Cc1ccc2ccc3ccc[c-]c3c2n1.O=C(O)c1[c-]cccc1.O=C(O)c1ccccn1.[Ir].[Ir].[Rh].[Rh].[Rh].[c-]1ccccc1Cc1ccccn1. The van der Waals surface area contributed by atoms with Crippen molar-refractivity contribution in [1.29, 1.82) is 0 Å². The molecule has 8 N–H and O–H groups in total. The van der Waals surface area contributed by atoms with Crippen molar-refractivity contribution in [3.63, 3.8) is 0 Å². The van der Waals surface area contributed by atoms with Crippen LogP contribution in [0.5, 0.6) is 0 Å². The molecule has 7 aromatic carbocycles. The molecule has 21 heteroatoms. The molecule has 615 valence electrons. The molecule has 5 radical (unpaired) electrons. The first-order valence-electron chi connectivity index (χ1n) is 35.8. The average molecular weight is 2160 g/mol. The monoisotopic (exact) mass is 2160 g/mol. The summed E-state index contributed by atoms with van der Waals surface area (Å²) in [5.41, 5.74) is 17.8. The maximum atomic E-state index is 10.2. The van der Waals surface area contributed by atoms with Gasteiger partial charge >= 0.3 is 5.97 Å². The molecule has 0 bridgehead atoms. The molecule has 0 saturated heterocycles. The van der Waals surface area contributed by atoms with Crippen LogP contribution in [0.2, 0.25) is 0 Å². The van der Waals surface area contributed by atoms with Crippen LogP contribution in [0.3, 0.4) is 0 Å². The van der Waals surface area contributed by atoms with Crippen molar-refractivity contribution in [3.05, 3.63) is 347 Å². The van der Waals surface area contributed by atoms with E-state index in [1.165, 1.54) is 51.4 Å². The van der Waals surface area contributed by atoms with Gasteiger partial charge in [0.05, 0.1) is 36.6 Å². The van der Waals surface area contributed by atoms with Crippen LogP contribution in [0.1, 0.15) is 132 Å². The van der Waals surface area contributed by atoms with Crippen LogP contribution >= 0.6 is 0 Å².